The van der Waals surface area contributed by atoms with Crippen molar-refractivity contribution in [2.45, 2.75) is 19.1 Å². The third-order valence-corrected chi connectivity index (χ3v) is 2.84. The normalized spacial score (nSPS) is 19.2. The Morgan fingerprint density at radius 2 is 2.06 bits per heavy atom. The topological polar surface area (TPSA) is 93.9 Å². The van der Waals surface area contributed by atoms with Gasteiger partial charge in [-0.2, -0.15) is 0 Å². The molecule has 0 aromatic heterocycles. The summed E-state index contributed by atoms with van der Waals surface area (Å²) in [5, 5.41) is 2.60. The van der Waals surface area contributed by atoms with Gasteiger partial charge in [0.2, 0.25) is 5.91 Å². The van der Waals surface area contributed by atoms with Crippen LogP contribution < -0.4 is 11.1 Å². The third kappa shape index (κ3) is 3.94. The zero-order chi connectivity index (χ0) is 13.5. The van der Waals surface area contributed by atoms with Gasteiger partial charge < -0.3 is 25.4 Å². The Bertz CT molecular complexity index is 288. The molecule has 2 amide bonds. The summed E-state index contributed by atoms with van der Waals surface area (Å²) in [7, 11) is 1.41. The number of nitrogens with two attached hydrogens (primary N) is 1. The van der Waals surface area contributed by atoms with E-state index in [2.05, 4.69) is 5.32 Å². The van der Waals surface area contributed by atoms with Crippen LogP contribution in [0.1, 0.15) is 6.92 Å². The van der Waals surface area contributed by atoms with Gasteiger partial charge in [-0.1, -0.05) is 0 Å². The first-order valence-corrected chi connectivity index (χ1v) is 6.00. The number of carbonyl (C=O) groups is 2. The minimum Gasteiger partial charge on any atom is -0.378 e. The average Bonchev–Trinajstić information content (AvgIpc) is 2.40. The molecule has 0 aromatic rings. The quantitative estimate of drug-likeness (QED) is 0.615. The Morgan fingerprint density at radius 1 is 1.44 bits per heavy atom. The molecule has 1 heterocycles. The molecule has 0 bridgehead atoms. The van der Waals surface area contributed by atoms with Crippen LogP contribution in [0.25, 0.3) is 0 Å². The predicted octanol–water partition coefficient (Wildman–Crippen LogP) is -1.68. The summed E-state index contributed by atoms with van der Waals surface area (Å²) in [5.74, 6) is -0.479. The van der Waals surface area contributed by atoms with Crippen LogP contribution in [-0.2, 0) is 19.1 Å². The van der Waals surface area contributed by atoms with Crippen LogP contribution in [0.5, 0.6) is 0 Å². The van der Waals surface area contributed by atoms with Gasteiger partial charge in [-0.05, 0) is 6.92 Å². The number of rotatable bonds is 5. The molecule has 104 valence electrons. The minimum absolute atomic E-state index is 0.0841. The van der Waals surface area contributed by atoms with Gasteiger partial charge in [0.1, 0.15) is 12.1 Å². The molecule has 3 N–H and O–H groups in total. The van der Waals surface area contributed by atoms with Gasteiger partial charge in [0.25, 0.3) is 5.91 Å². The van der Waals surface area contributed by atoms with Crippen LogP contribution in [0, 0.1) is 0 Å². The lowest BCUT2D eigenvalue weighted by Gasteiger charge is -2.29. The first-order chi connectivity index (χ1) is 8.60. The fourth-order valence-corrected chi connectivity index (χ4v) is 1.74. The molecule has 1 aliphatic heterocycles. The molecule has 7 nitrogen and oxygen atoms in total. The molecule has 0 aromatic carbocycles. The SMILES string of the molecule is COC(CN)C(=O)NC(C)C(=O)N1CCOCC1. The van der Waals surface area contributed by atoms with Crippen molar-refractivity contribution >= 4 is 11.8 Å². The Kier molecular flexibility index (Phi) is 6.03. The van der Waals surface area contributed by atoms with Crippen molar-refractivity contribution in [2.24, 2.45) is 5.73 Å². The molecule has 1 saturated heterocycles. The van der Waals surface area contributed by atoms with E-state index in [4.69, 9.17) is 15.2 Å². The van der Waals surface area contributed by atoms with Crippen LogP contribution in [-0.4, -0.2) is 68.8 Å². The second-order valence-corrected chi connectivity index (χ2v) is 4.13. The van der Waals surface area contributed by atoms with Crippen molar-refractivity contribution in [2.75, 3.05) is 40.0 Å². The zero-order valence-corrected chi connectivity index (χ0v) is 10.8. The van der Waals surface area contributed by atoms with E-state index in [-0.39, 0.29) is 18.4 Å². The monoisotopic (exact) mass is 259 g/mol. The maximum Gasteiger partial charge on any atom is 0.251 e. The van der Waals surface area contributed by atoms with Crippen molar-refractivity contribution in [1.82, 2.24) is 10.2 Å². The van der Waals surface area contributed by atoms with E-state index in [1.54, 1.807) is 11.8 Å². The van der Waals surface area contributed by atoms with E-state index in [0.717, 1.165) is 0 Å². The lowest BCUT2D eigenvalue weighted by molar-refractivity contribution is -0.141. The number of methoxy groups -OCH3 is 1. The van der Waals surface area contributed by atoms with Crippen molar-refractivity contribution in [1.29, 1.82) is 0 Å². The molecule has 0 aliphatic carbocycles. The number of nitrogens with zero attached hydrogens (tertiary/aromatic N) is 1. The lowest BCUT2D eigenvalue weighted by atomic mass is 10.2. The van der Waals surface area contributed by atoms with Crippen molar-refractivity contribution in [3.63, 3.8) is 0 Å². The molecule has 1 fully saturated rings. The maximum absolute atomic E-state index is 12.0. The summed E-state index contributed by atoms with van der Waals surface area (Å²) >= 11 is 0. The number of hydrogen-bond donors (Lipinski definition) is 2. The average molecular weight is 259 g/mol. The Morgan fingerprint density at radius 3 is 2.56 bits per heavy atom. The summed E-state index contributed by atoms with van der Waals surface area (Å²) in [6.07, 6.45) is -0.718. The molecule has 0 radical (unpaired) electrons. The zero-order valence-electron chi connectivity index (χ0n) is 10.8. The molecule has 1 aliphatic rings. The van der Waals surface area contributed by atoms with Gasteiger partial charge in [-0.3, -0.25) is 9.59 Å². The van der Waals surface area contributed by atoms with Gasteiger partial charge in [0.15, 0.2) is 0 Å². The van der Waals surface area contributed by atoms with Crippen LogP contribution >= 0.6 is 0 Å². The van der Waals surface area contributed by atoms with Crippen molar-refractivity contribution in [3.05, 3.63) is 0 Å². The number of ether oxygens (including phenoxy) is 2. The summed E-state index contributed by atoms with van der Waals surface area (Å²) in [6.45, 7) is 3.93. The lowest BCUT2D eigenvalue weighted by Crippen LogP contribution is -2.53. The molecule has 18 heavy (non-hydrogen) atoms. The van der Waals surface area contributed by atoms with E-state index < -0.39 is 12.1 Å². The third-order valence-electron chi connectivity index (χ3n) is 2.84. The molecule has 0 spiro atoms. The van der Waals surface area contributed by atoms with Crippen molar-refractivity contribution < 1.29 is 19.1 Å². The highest BCUT2D eigenvalue weighted by molar-refractivity contribution is 5.89. The van der Waals surface area contributed by atoms with Gasteiger partial charge >= 0.3 is 0 Å². The van der Waals surface area contributed by atoms with Gasteiger partial charge in [0, 0.05) is 26.7 Å². The number of amides is 2. The molecule has 2 unspecified atom stereocenters. The number of nitrogens with one attached hydrogen (secondary N) is 1. The highest BCUT2D eigenvalue weighted by Gasteiger charge is 2.25. The first-order valence-electron chi connectivity index (χ1n) is 6.00. The van der Waals surface area contributed by atoms with Crippen LogP contribution in [0.3, 0.4) is 0 Å². The Labute approximate surface area is 107 Å². The minimum atomic E-state index is -0.718. The van der Waals surface area contributed by atoms with E-state index in [1.165, 1.54) is 7.11 Å². The smallest absolute Gasteiger partial charge is 0.251 e. The molecular weight excluding hydrogens is 238 g/mol. The van der Waals surface area contributed by atoms with Crippen molar-refractivity contribution in [3.8, 4) is 0 Å². The largest absolute Gasteiger partial charge is 0.378 e. The summed E-state index contributed by atoms with van der Waals surface area (Å²) < 4.78 is 10.1. The van der Waals surface area contributed by atoms with Crippen LogP contribution in [0.15, 0.2) is 0 Å². The number of hydrogen-bond acceptors (Lipinski definition) is 5. The number of morpholine rings is 1. The fraction of sp³-hybridized carbons (Fsp3) is 0.818. The molecule has 0 saturated carbocycles. The van der Waals surface area contributed by atoms with Gasteiger partial charge in [-0.25, -0.2) is 0 Å². The predicted molar refractivity (Wildman–Crippen MR) is 64.9 cm³/mol. The second kappa shape index (κ2) is 7.30. The number of carbonyl (C=O) groups excluding carboxylic acids is 2. The van der Waals surface area contributed by atoms with E-state index in [1.807, 2.05) is 0 Å². The van der Waals surface area contributed by atoms with E-state index >= 15 is 0 Å². The van der Waals surface area contributed by atoms with Crippen LogP contribution in [0.4, 0.5) is 0 Å². The standard InChI is InChI=1S/C11H21N3O4/c1-8(13-10(15)9(7-12)17-2)11(16)14-3-5-18-6-4-14/h8-9H,3-7,12H2,1-2H3,(H,13,15). The van der Waals surface area contributed by atoms with E-state index in [9.17, 15) is 9.59 Å². The summed E-state index contributed by atoms with van der Waals surface area (Å²) in [5.41, 5.74) is 5.38. The van der Waals surface area contributed by atoms with E-state index in [0.29, 0.717) is 26.3 Å². The second-order valence-electron chi connectivity index (χ2n) is 4.13. The maximum atomic E-state index is 12.0. The molecule has 7 heteroatoms. The molecule has 1 rings (SSSR count). The van der Waals surface area contributed by atoms with Gasteiger partial charge in [0.05, 0.1) is 13.2 Å². The van der Waals surface area contributed by atoms with Crippen LogP contribution in [0.2, 0.25) is 0 Å². The Balaban J connectivity index is 2.45. The highest BCUT2D eigenvalue weighted by atomic mass is 16.5. The Hall–Kier alpha value is -1.18. The fourth-order valence-electron chi connectivity index (χ4n) is 1.74. The highest BCUT2D eigenvalue weighted by Crippen LogP contribution is 2.01. The molecule has 2 atom stereocenters. The van der Waals surface area contributed by atoms with Gasteiger partial charge in [-0.15, -0.1) is 0 Å². The summed E-state index contributed by atoms with van der Waals surface area (Å²) in [6, 6.07) is -0.584. The summed E-state index contributed by atoms with van der Waals surface area (Å²) in [4.78, 5) is 25.4. The first kappa shape index (κ1) is 14.9. The molecular formula is C11H21N3O4.